The number of allylic oxidation sites excluding steroid dienone is 1. The van der Waals surface area contributed by atoms with Gasteiger partial charge in [-0.3, -0.25) is 0 Å². The molecule has 0 unspecified atom stereocenters. The van der Waals surface area contributed by atoms with Gasteiger partial charge in [0.05, 0.1) is 0 Å². The first kappa shape index (κ1) is 14.1. The topological polar surface area (TPSA) is 3.24 Å². The Morgan fingerprint density at radius 1 is 1.17 bits per heavy atom. The molecule has 0 aliphatic rings. The van der Waals surface area contributed by atoms with Gasteiger partial charge in [0.15, 0.2) is 0 Å². The Labute approximate surface area is 78.5 Å². The molecule has 0 saturated carbocycles. The first-order chi connectivity index (χ1) is 5.72. The predicted molar refractivity (Wildman–Crippen MR) is 58.3 cm³/mol. The quantitative estimate of drug-likeness (QED) is 0.610. The van der Waals surface area contributed by atoms with Gasteiger partial charge in [-0.05, 0) is 12.8 Å². The molecular weight excluding hydrogens is 146 g/mol. The van der Waals surface area contributed by atoms with Crippen LogP contribution in [0.2, 0.25) is 0 Å². The third-order valence-corrected chi connectivity index (χ3v) is 1.64. The highest BCUT2D eigenvalue weighted by Crippen LogP contribution is 2.06. The van der Waals surface area contributed by atoms with Crippen molar-refractivity contribution in [1.82, 2.24) is 4.90 Å². The van der Waals surface area contributed by atoms with Crippen molar-refractivity contribution >= 4 is 0 Å². The zero-order valence-corrected chi connectivity index (χ0v) is 9.48. The Kier molecular flexibility index (Phi) is 12.4. The minimum Gasteiger partial charge on any atom is -0.378 e. The van der Waals surface area contributed by atoms with Crippen LogP contribution in [0.5, 0.6) is 0 Å². The molecule has 0 amide bonds. The predicted octanol–water partition coefficient (Wildman–Crippen LogP) is 3.67. The Hall–Kier alpha value is -0.460. The molecule has 0 bridgehead atoms. The van der Waals surface area contributed by atoms with Crippen LogP contribution < -0.4 is 0 Å². The zero-order chi connectivity index (χ0) is 9.98. The molecule has 0 aliphatic carbocycles. The van der Waals surface area contributed by atoms with Gasteiger partial charge in [-0.15, -0.1) is 0 Å². The summed E-state index contributed by atoms with van der Waals surface area (Å²) < 4.78 is 0. The maximum absolute atomic E-state index is 3.99. The number of rotatable bonds is 5. The minimum atomic E-state index is 1.14. The second kappa shape index (κ2) is 10.5. The van der Waals surface area contributed by atoms with Crippen LogP contribution in [0.25, 0.3) is 0 Å². The molecule has 1 heteroatoms. The van der Waals surface area contributed by atoms with Crippen LogP contribution in [0.15, 0.2) is 12.3 Å². The average Bonchev–Trinajstić information content (AvgIpc) is 2.09. The lowest BCUT2D eigenvalue weighted by atomic mass is 10.2. The summed E-state index contributed by atoms with van der Waals surface area (Å²) in [5.74, 6) is 0. The van der Waals surface area contributed by atoms with Crippen LogP contribution >= 0.6 is 0 Å². The van der Waals surface area contributed by atoms with E-state index >= 15 is 0 Å². The van der Waals surface area contributed by atoms with Crippen molar-refractivity contribution in [3.05, 3.63) is 12.3 Å². The van der Waals surface area contributed by atoms with E-state index in [1.165, 1.54) is 18.5 Å². The highest BCUT2D eigenvalue weighted by atomic mass is 15.1. The Morgan fingerprint density at radius 2 is 1.67 bits per heavy atom. The molecule has 0 rings (SSSR count). The average molecular weight is 171 g/mol. The summed E-state index contributed by atoms with van der Waals surface area (Å²) in [4.78, 5) is 2.24. The highest BCUT2D eigenvalue weighted by molar-refractivity contribution is 4.91. The third-order valence-electron chi connectivity index (χ3n) is 1.64. The number of nitrogens with zero attached hydrogens (tertiary/aromatic N) is 1. The third kappa shape index (κ3) is 7.64. The molecule has 0 fully saturated rings. The minimum absolute atomic E-state index is 1.14. The standard InChI is InChI=1S/C9H19N.C2H6/c1-5-7-9(3)10(4)8-6-2;1-2/h3,5-8H2,1-2,4H3;1-2H3. The fourth-order valence-corrected chi connectivity index (χ4v) is 0.973. The van der Waals surface area contributed by atoms with Crippen molar-refractivity contribution in [2.45, 2.75) is 47.0 Å². The molecule has 1 nitrogen and oxygen atoms in total. The Balaban J connectivity index is 0. The summed E-state index contributed by atoms with van der Waals surface area (Å²) in [7, 11) is 2.11. The van der Waals surface area contributed by atoms with E-state index in [1.807, 2.05) is 13.8 Å². The van der Waals surface area contributed by atoms with E-state index in [9.17, 15) is 0 Å². The van der Waals surface area contributed by atoms with Crippen molar-refractivity contribution < 1.29 is 0 Å². The van der Waals surface area contributed by atoms with E-state index < -0.39 is 0 Å². The van der Waals surface area contributed by atoms with Gasteiger partial charge in [-0.1, -0.05) is 40.7 Å². The normalized spacial score (nSPS) is 8.42. The zero-order valence-electron chi connectivity index (χ0n) is 9.48. The molecule has 12 heavy (non-hydrogen) atoms. The SMILES string of the molecule is C=C(CCC)N(C)CCC.CC. The van der Waals surface area contributed by atoms with E-state index in [2.05, 4.69) is 32.4 Å². The molecule has 0 spiro atoms. The van der Waals surface area contributed by atoms with Gasteiger partial charge < -0.3 is 4.90 Å². The van der Waals surface area contributed by atoms with E-state index in [0.717, 1.165) is 13.0 Å². The Morgan fingerprint density at radius 3 is 2.00 bits per heavy atom. The van der Waals surface area contributed by atoms with Crippen molar-refractivity contribution in [2.24, 2.45) is 0 Å². The van der Waals surface area contributed by atoms with Crippen LogP contribution in [-0.2, 0) is 0 Å². The largest absolute Gasteiger partial charge is 0.378 e. The summed E-state index contributed by atoms with van der Waals surface area (Å²) >= 11 is 0. The lowest BCUT2D eigenvalue weighted by Crippen LogP contribution is -2.17. The summed E-state index contributed by atoms with van der Waals surface area (Å²) in [5.41, 5.74) is 1.27. The molecule has 0 saturated heterocycles. The highest BCUT2D eigenvalue weighted by Gasteiger charge is 1.97. The van der Waals surface area contributed by atoms with Crippen LogP contribution in [0.1, 0.15) is 47.0 Å². The van der Waals surface area contributed by atoms with E-state index in [4.69, 9.17) is 0 Å². The molecule has 0 aromatic carbocycles. The first-order valence-corrected chi connectivity index (χ1v) is 5.11. The maximum atomic E-state index is 3.99. The van der Waals surface area contributed by atoms with Gasteiger partial charge in [0.25, 0.3) is 0 Å². The lowest BCUT2D eigenvalue weighted by Gasteiger charge is -2.20. The molecule has 0 radical (unpaired) electrons. The van der Waals surface area contributed by atoms with Crippen LogP contribution in [0.3, 0.4) is 0 Å². The molecule has 0 heterocycles. The van der Waals surface area contributed by atoms with E-state index in [0.29, 0.717) is 0 Å². The first-order valence-electron chi connectivity index (χ1n) is 5.11. The fourth-order valence-electron chi connectivity index (χ4n) is 0.973. The maximum Gasteiger partial charge on any atom is 0.0168 e. The molecular formula is C11H25N. The van der Waals surface area contributed by atoms with Gasteiger partial charge in [0.2, 0.25) is 0 Å². The van der Waals surface area contributed by atoms with Gasteiger partial charge in [-0.25, -0.2) is 0 Å². The molecule has 0 aliphatic heterocycles. The molecule has 74 valence electrons. The molecule has 0 aromatic heterocycles. The van der Waals surface area contributed by atoms with E-state index in [1.54, 1.807) is 0 Å². The Bertz CT molecular complexity index is 97.2. The number of hydrogen-bond donors (Lipinski definition) is 0. The van der Waals surface area contributed by atoms with Crippen molar-refractivity contribution in [3.63, 3.8) is 0 Å². The van der Waals surface area contributed by atoms with Crippen LogP contribution in [0, 0.1) is 0 Å². The summed E-state index contributed by atoms with van der Waals surface area (Å²) in [6.07, 6.45) is 3.54. The molecule has 0 atom stereocenters. The monoisotopic (exact) mass is 171 g/mol. The van der Waals surface area contributed by atoms with Gasteiger partial charge >= 0.3 is 0 Å². The van der Waals surface area contributed by atoms with Crippen molar-refractivity contribution in [3.8, 4) is 0 Å². The van der Waals surface area contributed by atoms with Crippen LogP contribution in [0.4, 0.5) is 0 Å². The second-order valence-corrected chi connectivity index (χ2v) is 2.74. The fraction of sp³-hybridized carbons (Fsp3) is 0.818. The van der Waals surface area contributed by atoms with Crippen molar-refractivity contribution in [1.29, 1.82) is 0 Å². The van der Waals surface area contributed by atoms with Crippen LogP contribution in [-0.4, -0.2) is 18.5 Å². The molecule has 0 N–H and O–H groups in total. The number of hydrogen-bond acceptors (Lipinski definition) is 1. The smallest absolute Gasteiger partial charge is 0.0168 e. The van der Waals surface area contributed by atoms with Gasteiger partial charge in [-0.2, -0.15) is 0 Å². The molecule has 0 aromatic rings. The summed E-state index contributed by atoms with van der Waals surface area (Å²) in [6, 6.07) is 0. The summed E-state index contributed by atoms with van der Waals surface area (Å²) in [6.45, 7) is 13.5. The van der Waals surface area contributed by atoms with Gasteiger partial charge in [0, 0.05) is 19.3 Å². The summed E-state index contributed by atoms with van der Waals surface area (Å²) in [5, 5.41) is 0. The van der Waals surface area contributed by atoms with Crippen molar-refractivity contribution in [2.75, 3.05) is 13.6 Å². The second-order valence-electron chi connectivity index (χ2n) is 2.74. The lowest BCUT2D eigenvalue weighted by molar-refractivity contribution is 0.401. The van der Waals surface area contributed by atoms with Gasteiger partial charge in [0.1, 0.15) is 0 Å². The van der Waals surface area contributed by atoms with E-state index in [-0.39, 0.29) is 0 Å².